The van der Waals surface area contributed by atoms with Gasteiger partial charge in [0, 0.05) is 5.92 Å². The summed E-state index contributed by atoms with van der Waals surface area (Å²) in [5.41, 5.74) is -6.44. The summed E-state index contributed by atoms with van der Waals surface area (Å²) in [7, 11) is -5.89. The highest BCUT2D eigenvalue weighted by molar-refractivity contribution is 7.86. The first-order valence-corrected chi connectivity index (χ1v) is 10.8. The molecule has 0 amide bonds. The minimum atomic E-state index is -6.28. The topological polar surface area (TPSA) is 110 Å². The third kappa shape index (κ3) is 5.43. The summed E-state index contributed by atoms with van der Waals surface area (Å²) < 4.78 is 145. The molecular formula is C17H20F8O7S. The van der Waals surface area contributed by atoms with Crippen molar-refractivity contribution in [3.05, 3.63) is 12.2 Å². The van der Waals surface area contributed by atoms with Crippen molar-refractivity contribution < 1.29 is 67.5 Å². The number of alkyl halides is 8. The fourth-order valence-corrected chi connectivity index (χ4v) is 4.49. The molecule has 0 spiro atoms. The van der Waals surface area contributed by atoms with E-state index in [2.05, 4.69) is 16.1 Å². The van der Waals surface area contributed by atoms with E-state index in [-0.39, 0.29) is 18.8 Å². The van der Waals surface area contributed by atoms with Crippen LogP contribution in [0.25, 0.3) is 0 Å². The second kappa shape index (κ2) is 8.92. The van der Waals surface area contributed by atoms with E-state index in [0.29, 0.717) is 12.8 Å². The standard InChI is InChI=1S/C17H20F8O7S/c1-8(6-31-7-14(18,19)33(28,29)30)13(26)32-12(11-5-9-2-3-10(11)4-9)15(27,16(20,21)22)17(23,24)25/h9-12,27H,1-7H2,(H,28,29,30). The third-order valence-electron chi connectivity index (χ3n) is 5.90. The van der Waals surface area contributed by atoms with Gasteiger partial charge >= 0.3 is 33.7 Å². The number of fused-ring (bicyclic) bond motifs is 2. The fourth-order valence-electron chi connectivity index (χ4n) is 4.26. The molecule has 2 aliphatic rings. The lowest BCUT2D eigenvalue weighted by Crippen LogP contribution is -2.67. The summed E-state index contributed by atoms with van der Waals surface area (Å²) in [6.07, 6.45) is -14.7. The quantitative estimate of drug-likeness (QED) is 0.208. The Balaban J connectivity index is 2.23. The zero-order valence-electron chi connectivity index (χ0n) is 16.6. The molecule has 4 atom stereocenters. The summed E-state index contributed by atoms with van der Waals surface area (Å²) in [6.45, 7) is -0.301. The lowest BCUT2D eigenvalue weighted by Gasteiger charge is -2.42. The number of carbonyl (C=O) groups excluding carboxylic acids is 1. The molecule has 4 unspecified atom stereocenters. The highest BCUT2D eigenvalue weighted by atomic mass is 32.2. The Morgan fingerprint density at radius 2 is 1.58 bits per heavy atom. The van der Waals surface area contributed by atoms with Gasteiger partial charge in [-0.25, -0.2) is 4.79 Å². The van der Waals surface area contributed by atoms with Gasteiger partial charge in [0.15, 0.2) is 6.10 Å². The molecule has 0 aromatic carbocycles. The summed E-state index contributed by atoms with van der Waals surface area (Å²) in [5.74, 6) is -4.27. The highest BCUT2D eigenvalue weighted by Crippen LogP contribution is 2.56. The predicted molar refractivity (Wildman–Crippen MR) is 92.3 cm³/mol. The number of aliphatic hydroxyl groups is 1. The Morgan fingerprint density at radius 1 is 1.03 bits per heavy atom. The Bertz CT molecular complexity index is 854. The molecule has 0 saturated heterocycles. The molecule has 0 aromatic rings. The van der Waals surface area contributed by atoms with E-state index in [1.165, 1.54) is 0 Å². The molecule has 2 fully saturated rings. The van der Waals surface area contributed by atoms with Crippen LogP contribution in [0.1, 0.15) is 25.7 Å². The molecule has 0 aliphatic heterocycles. The summed E-state index contributed by atoms with van der Waals surface area (Å²) in [5, 5.41) is 5.04. The van der Waals surface area contributed by atoms with Crippen LogP contribution in [0.5, 0.6) is 0 Å². The number of hydrogen-bond acceptors (Lipinski definition) is 6. The SMILES string of the molecule is C=C(COCC(F)(F)S(=O)(=O)O)C(=O)OC(C1CC2CCC1C2)C(O)(C(F)(F)F)C(F)(F)F. The zero-order valence-corrected chi connectivity index (χ0v) is 17.4. The van der Waals surface area contributed by atoms with Gasteiger partial charge in [-0.05, 0) is 31.1 Å². The maximum absolute atomic E-state index is 13.5. The normalized spacial score (nSPS) is 25.2. The molecule has 0 heterocycles. The van der Waals surface area contributed by atoms with E-state index < -0.39 is 76.0 Å². The third-order valence-corrected chi connectivity index (χ3v) is 6.78. The number of halogens is 8. The van der Waals surface area contributed by atoms with Crippen molar-refractivity contribution in [2.45, 2.75) is 55.0 Å². The molecule has 2 rings (SSSR count). The molecule has 2 aliphatic carbocycles. The Morgan fingerprint density at radius 3 is 1.97 bits per heavy atom. The van der Waals surface area contributed by atoms with Crippen molar-refractivity contribution in [1.82, 2.24) is 0 Å². The molecule has 2 N–H and O–H groups in total. The van der Waals surface area contributed by atoms with Crippen LogP contribution in [0.3, 0.4) is 0 Å². The first kappa shape index (κ1) is 27.7. The smallest absolute Gasteiger partial charge is 0.430 e. The van der Waals surface area contributed by atoms with Crippen LogP contribution in [0.15, 0.2) is 12.2 Å². The number of hydrogen-bond donors (Lipinski definition) is 2. The second-order valence-corrected chi connectivity index (χ2v) is 9.68. The minimum absolute atomic E-state index is 0.166. The Hall–Kier alpha value is -1.52. The van der Waals surface area contributed by atoms with Crippen LogP contribution in [0.4, 0.5) is 35.1 Å². The second-order valence-electron chi connectivity index (χ2n) is 8.14. The number of ether oxygens (including phenoxy) is 2. The molecule has 33 heavy (non-hydrogen) atoms. The lowest BCUT2D eigenvalue weighted by atomic mass is 9.76. The number of carbonyl (C=O) groups is 1. The van der Waals surface area contributed by atoms with E-state index in [1.54, 1.807) is 0 Å². The summed E-state index contributed by atoms with van der Waals surface area (Å²) >= 11 is 0. The molecule has 7 nitrogen and oxygen atoms in total. The first-order chi connectivity index (χ1) is 14.7. The van der Waals surface area contributed by atoms with Gasteiger partial charge in [0.1, 0.15) is 6.61 Å². The van der Waals surface area contributed by atoms with E-state index in [4.69, 9.17) is 4.55 Å². The van der Waals surface area contributed by atoms with Crippen molar-refractivity contribution in [1.29, 1.82) is 0 Å². The van der Waals surface area contributed by atoms with Crippen LogP contribution in [-0.2, 0) is 24.4 Å². The number of rotatable bonds is 9. The van der Waals surface area contributed by atoms with E-state index >= 15 is 0 Å². The molecule has 2 bridgehead atoms. The van der Waals surface area contributed by atoms with E-state index in [1.807, 2.05) is 0 Å². The van der Waals surface area contributed by atoms with Crippen molar-refractivity contribution in [2.24, 2.45) is 17.8 Å². The molecule has 2 saturated carbocycles. The monoisotopic (exact) mass is 520 g/mol. The van der Waals surface area contributed by atoms with Gasteiger partial charge in [0.05, 0.1) is 12.2 Å². The zero-order chi connectivity index (χ0) is 25.6. The van der Waals surface area contributed by atoms with Crippen molar-refractivity contribution in [3.63, 3.8) is 0 Å². The molecule has 0 aromatic heterocycles. The Kier molecular flexibility index (Phi) is 7.50. The highest BCUT2D eigenvalue weighted by Gasteiger charge is 2.77. The maximum atomic E-state index is 13.5. The lowest BCUT2D eigenvalue weighted by molar-refractivity contribution is -0.396. The minimum Gasteiger partial charge on any atom is -0.455 e. The van der Waals surface area contributed by atoms with Gasteiger partial charge in [0.25, 0.3) is 5.60 Å². The molecule has 0 radical (unpaired) electrons. The van der Waals surface area contributed by atoms with Gasteiger partial charge < -0.3 is 14.6 Å². The first-order valence-electron chi connectivity index (χ1n) is 9.39. The van der Waals surface area contributed by atoms with Gasteiger partial charge in [-0.15, -0.1) is 0 Å². The van der Waals surface area contributed by atoms with Crippen LogP contribution in [0.2, 0.25) is 0 Å². The molecular weight excluding hydrogens is 500 g/mol. The summed E-state index contributed by atoms with van der Waals surface area (Å²) in [4.78, 5) is 12.2. The van der Waals surface area contributed by atoms with Crippen molar-refractivity contribution in [3.8, 4) is 0 Å². The molecule has 192 valence electrons. The van der Waals surface area contributed by atoms with Gasteiger partial charge in [-0.2, -0.15) is 43.5 Å². The van der Waals surface area contributed by atoms with Crippen LogP contribution in [0, 0.1) is 17.8 Å². The molecule has 16 heteroatoms. The average molecular weight is 520 g/mol. The fraction of sp³-hybridized carbons (Fsp3) is 0.824. The average Bonchev–Trinajstić information content (AvgIpc) is 3.25. The largest absolute Gasteiger partial charge is 0.455 e. The number of esters is 1. The Labute approximate surface area is 182 Å². The van der Waals surface area contributed by atoms with Gasteiger partial charge in [-0.1, -0.05) is 13.0 Å². The van der Waals surface area contributed by atoms with Crippen LogP contribution >= 0.6 is 0 Å². The van der Waals surface area contributed by atoms with E-state index in [0.717, 1.165) is 0 Å². The predicted octanol–water partition coefficient (Wildman–Crippen LogP) is 3.24. The maximum Gasteiger partial charge on any atom is 0.430 e. The van der Waals surface area contributed by atoms with Crippen molar-refractivity contribution in [2.75, 3.05) is 13.2 Å². The summed E-state index contributed by atoms with van der Waals surface area (Å²) in [6, 6.07) is 0. The van der Waals surface area contributed by atoms with Gasteiger partial charge in [0.2, 0.25) is 0 Å². The van der Waals surface area contributed by atoms with Crippen LogP contribution in [-0.4, -0.2) is 66.6 Å². The van der Waals surface area contributed by atoms with E-state index in [9.17, 15) is 53.4 Å². The van der Waals surface area contributed by atoms with Crippen molar-refractivity contribution >= 4 is 16.1 Å². The van der Waals surface area contributed by atoms with Crippen LogP contribution < -0.4 is 0 Å². The van der Waals surface area contributed by atoms with Gasteiger partial charge in [-0.3, -0.25) is 4.55 Å².